The maximum absolute atomic E-state index is 9.76. The molecule has 3 heteroatoms. The molecule has 2 N–H and O–H groups in total. The number of hydrogen-bond acceptors (Lipinski definition) is 3. The summed E-state index contributed by atoms with van der Waals surface area (Å²) in [5.74, 6) is 0.901. The highest BCUT2D eigenvalue weighted by Gasteiger charge is 2.07. The van der Waals surface area contributed by atoms with Gasteiger partial charge in [-0.3, -0.25) is 0 Å². The second-order valence-corrected chi connectivity index (χ2v) is 4.92. The second kappa shape index (κ2) is 6.44. The van der Waals surface area contributed by atoms with E-state index in [0.29, 0.717) is 6.54 Å². The lowest BCUT2D eigenvalue weighted by atomic mass is 10.1. The molecule has 0 aliphatic carbocycles. The molecule has 0 bridgehead atoms. The van der Waals surface area contributed by atoms with E-state index in [1.165, 1.54) is 5.56 Å². The van der Waals surface area contributed by atoms with Gasteiger partial charge in [-0.05, 0) is 37.1 Å². The first-order valence-electron chi connectivity index (χ1n) is 6.76. The van der Waals surface area contributed by atoms with Gasteiger partial charge in [-0.2, -0.15) is 0 Å². The van der Waals surface area contributed by atoms with Crippen molar-refractivity contribution in [1.82, 2.24) is 0 Å². The van der Waals surface area contributed by atoms with E-state index in [0.717, 1.165) is 22.6 Å². The van der Waals surface area contributed by atoms with Crippen LogP contribution in [0.15, 0.2) is 42.5 Å². The molecular formula is C17H21NO2. The van der Waals surface area contributed by atoms with E-state index in [9.17, 15) is 5.11 Å². The van der Waals surface area contributed by atoms with E-state index in [1.807, 2.05) is 43.3 Å². The van der Waals surface area contributed by atoms with Gasteiger partial charge in [-0.15, -0.1) is 0 Å². The second-order valence-electron chi connectivity index (χ2n) is 4.92. The van der Waals surface area contributed by atoms with Gasteiger partial charge in [-0.1, -0.05) is 30.3 Å². The van der Waals surface area contributed by atoms with Crippen molar-refractivity contribution in [3.63, 3.8) is 0 Å². The van der Waals surface area contributed by atoms with Crippen LogP contribution in [0.25, 0.3) is 0 Å². The molecule has 0 aromatic heterocycles. The monoisotopic (exact) mass is 271 g/mol. The largest absolute Gasteiger partial charge is 0.496 e. The highest BCUT2D eigenvalue weighted by molar-refractivity contribution is 5.52. The van der Waals surface area contributed by atoms with Gasteiger partial charge in [0.1, 0.15) is 5.75 Å². The van der Waals surface area contributed by atoms with E-state index < -0.39 is 6.10 Å². The Morgan fingerprint density at radius 3 is 2.60 bits per heavy atom. The van der Waals surface area contributed by atoms with Gasteiger partial charge >= 0.3 is 0 Å². The van der Waals surface area contributed by atoms with Crippen LogP contribution in [0.2, 0.25) is 0 Å². The Morgan fingerprint density at radius 1 is 1.20 bits per heavy atom. The van der Waals surface area contributed by atoms with E-state index >= 15 is 0 Å². The normalized spacial score (nSPS) is 12.0. The molecule has 0 spiro atoms. The molecule has 0 saturated heterocycles. The van der Waals surface area contributed by atoms with Crippen LogP contribution in [0, 0.1) is 6.92 Å². The van der Waals surface area contributed by atoms with Crippen LogP contribution in [0.4, 0.5) is 5.69 Å². The fraction of sp³-hybridized carbons (Fsp3) is 0.294. The Bertz CT molecular complexity index is 579. The van der Waals surface area contributed by atoms with Crippen LogP contribution < -0.4 is 10.1 Å². The molecule has 0 saturated carbocycles. The SMILES string of the molecule is COc1ccc(CNc2ccccc2C(C)O)cc1C. The Morgan fingerprint density at radius 2 is 1.95 bits per heavy atom. The van der Waals surface area contributed by atoms with E-state index in [4.69, 9.17) is 4.74 Å². The molecule has 2 rings (SSSR count). The third kappa shape index (κ3) is 3.31. The third-order valence-electron chi connectivity index (χ3n) is 3.35. The summed E-state index contributed by atoms with van der Waals surface area (Å²) in [6, 6.07) is 14.0. The molecular weight excluding hydrogens is 250 g/mol. The van der Waals surface area contributed by atoms with Crippen LogP contribution >= 0.6 is 0 Å². The van der Waals surface area contributed by atoms with Gasteiger partial charge in [-0.25, -0.2) is 0 Å². The van der Waals surface area contributed by atoms with Crippen molar-refractivity contribution >= 4 is 5.69 Å². The highest BCUT2D eigenvalue weighted by Crippen LogP contribution is 2.24. The van der Waals surface area contributed by atoms with E-state index in [1.54, 1.807) is 14.0 Å². The van der Waals surface area contributed by atoms with Gasteiger partial charge in [0, 0.05) is 17.8 Å². The maximum atomic E-state index is 9.76. The summed E-state index contributed by atoms with van der Waals surface area (Å²) in [6.07, 6.45) is -0.476. The van der Waals surface area contributed by atoms with Crippen LogP contribution in [-0.2, 0) is 6.54 Å². The molecule has 0 aliphatic rings. The van der Waals surface area contributed by atoms with Gasteiger partial charge < -0.3 is 15.2 Å². The Balaban J connectivity index is 2.11. The topological polar surface area (TPSA) is 41.5 Å². The summed E-state index contributed by atoms with van der Waals surface area (Å²) in [5, 5.41) is 13.1. The molecule has 0 aliphatic heterocycles. The minimum Gasteiger partial charge on any atom is -0.496 e. The first-order valence-corrected chi connectivity index (χ1v) is 6.76. The molecule has 1 atom stereocenters. The zero-order chi connectivity index (χ0) is 14.5. The lowest BCUT2D eigenvalue weighted by Gasteiger charge is -2.14. The summed E-state index contributed by atoms with van der Waals surface area (Å²) in [7, 11) is 1.68. The van der Waals surface area contributed by atoms with Crippen molar-refractivity contribution in [2.75, 3.05) is 12.4 Å². The highest BCUT2D eigenvalue weighted by atomic mass is 16.5. The molecule has 2 aromatic carbocycles. The Hall–Kier alpha value is -2.00. The predicted octanol–water partition coefficient (Wildman–Crippen LogP) is 3.67. The van der Waals surface area contributed by atoms with Gasteiger partial charge in [0.15, 0.2) is 0 Å². The number of rotatable bonds is 5. The Kier molecular flexibility index (Phi) is 4.64. The molecule has 0 amide bonds. The molecule has 0 fully saturated rings. The number of aliphatic hydroxyl groups excluding tert-OH is 1. The lowest BCUT2D eigenvalue weighted by Crippen LogP contribution is -2.04. The summed E-state index contributed by atoms with van der Waals surface area (Å²) in [6.45, 7) is 4.53. The van der Waals surface area contributed by atoms with Gasteiger partial charge in [0.2, 0.25) is 0 Å². The van der Waals surface area contributed by atoms with Crippen molar-refractivity contribution < 1.29 is 9.84 Å². The van der Waals surface area contributed by atoms with Gasteiger partial charge in [0.25, 0.3) is 0 Å². The molecule has 1 unspecified atom stereocenters. The number of aryl methyl sites for hydroxylation is 1. The molecule has 20 heavy (non-hydrogen) atoms. The van der Waals surface area contributed by atoms with Crippen molar-refractivity contribution in [1.29, 1.82) is 0 Å². The third-order valence-corrected chi connectivity index (χ3v) is 3.35. The van der Waals surface area contributed by atoms with Crippen molar-refractivity contribution in [2.45, 2.75) is 26.5 Å². The first-order chi connectivity index (χ1) is 9.61. The number of hydrogen-bond donors (Lipinski definition) is 2. The van der Waals surface area contributed by atoms with Crippen molar-refractivity contribution in [3.8, 4) is 5.75 Å². The fourth-order valence-electron chi connectivity index (χ4n) is 2.27. The zero-order valence-corrected chi connectivity index (χ0v) is 12.2. The number of aliphatic hydroxyl groups is 1. The molecule has 106 valence electrons. The number of ether oxygens (including phenoxy) is 1. The standard InChI is InChI=1S/C17H21NO2/c1-12-10-14(8-9-17(12)20-3)11-18-16-7-5-4-6-15(16)13(2)19/h4-10,13,18-19H,11H2,1-3H3. The summed E-state index contributed by atoms with van der Waals surface area (Å²) >= 11 is 0. The van der Waals surface area contributed by atoms with Crippen LogP contribution in [0.3, 0.4) is 0 Å². The minimum absolute atomic E-state index is 0.476. The number of methoxy groups -OCH3 is 1. The fourth-order valence-corrected chi connectivity index (χ4v) is 2.27. The van der Waals surface area contributed by atoms with Gasteiger partial charge in [0.05, 0.1) is 13.2 Å². The molecule has 0 heterocycles. The lowest BCUT2D eigenvalue weighted by molar-refractivity contribution is 0.200. The van der Waals surface area contributed by atoms with Crippen LogP contribution in [0.1, 0.15) is 29.7 Å². The van der Waals surface area contributed by atoms with Crippen LogP contribution in [-0.4, -0.2) is 12.2 Å². The molecule has 3 nitrogen and oxygen atoms in total. The Labute approximate surface area is 120 Å². The smallest absolute Gasteiger partial charge is 0.121 e. The van der Waals surface area contributed by atoms with E-state index in [-0.39, 0.29) is 0 Å². The number of anilines is 1. The molecule has 0 radical (unpaired) electrons. The van der Waals surface area contributed by atoms with E-state index in [2.05, 4.69) is 11.4 Å². The summed E-state index contributed by atoms with van der Waals surface area (Å²) in [4.78, 5) is 0. The molecule has 2 aromatic rings. The van der Waals surface area contributed by atoms with Crippen molar-refractivity contribution in [3.05, 3.63) is 59.2 Å². The predicted molar refractivity (Wildman–Crippen MR) is 82.1 cm³/mol. The quantitative estimate of drug-likeness (QED) is 0.872. The summed E-state index contributed by atoms with van der Waals surface area (Å²) < 4.78 is 5.26. The zero-order valence-electron chi connectivity index (χ0n) is 12.2. The maximum Gasteiger partial charge on any atom is 0.121 e. The summed E-state index contributed by atoms with van der Waals surface area (Å²) in [5.41, 5.74) is 4.19. The van der Waals surface area contributed by atoms with Crippen LogP contribution in [0.5, 0.6) is 5.75 Å². The number of benzene rings is 2. The first kappa shape index (κ1) is 14.4. The van der Waals surface area contributed by atoms with Crippen molar-refractivity contribution in [2.24, 2.45) is 0 Å². The minimum atomic E-state index is -0.476. The number of para-hydroxylation sites is 1. The average molecular weight is 271 g/mol. The average Bonchev–Trinajstić information content (AvgIpc) is 2.45. The number of nitrogens with one attached hydrogen (secondary N) is 1.